The number of aromatic nitrogens is 3. The summed E-state index contributed by atoms with van der Waals surface area (Å²) < 4.78 is 1.12. The Bertz CT molecular complexity index is 1390. The zero-order valence-corrected chi connectivity index (χ0v) is 18.6. The lowest BCUT2D eigenvalue weighted by atomic mass is 10.0. The molecule has 0 atom stereocenters. The molecule has 1 fully saturated rings. The number of hydrogen-bond acceptors (Lipinski definition) is 7. The lowest BCUT2D eigenvalue weighted by Crippen LogP contribution is -2.34. The molecule has 1 saturated heterocycles. The van der Waals surface area contributed by atoms with Crippen molar-refractivity contribution in [3.8, 4) is 11.1 Å². The smallest absolute Gasteiger partial charge is 0.323 e. The Hall–Kier alpha value is -3.57. The molecule has 3 aromatic heterocycles. The van der Waals surface area contributed by atoms with Crippen LogP contribution >= 0.6 is 22.7 Å². The predicted molar refractivity (Wildman–Crippen MR) is 125 cm³/mol. The molecule has 0 saturated carbocycles. The van der Waals surface area contributed by atoms with Gasteiger partial charge in [-0.15, -0.1) is 22.7 Å². The van der Waals surface area contributed by atoms with Crippen LogP contribution in [0.2, 0.25) is 0 Å². The Morgan fingerprint density at radius 2 is 2.06 bits per heavy atom. The quantitative estimate of drug-likeness (QED) is 0.470. The number of aryl methyl sites for hydroxylation is 1. The third kappa shape index (κ3) is 3.65. The zero-order chi connectivity index (χ0) is 22.2. The molecule has 0 radical (unpaired) electrons. The number of thiazole rings is 1. The van der Waals surface area contributed by atoms with Crippen LogP contribution in [0.5, 0.6) is 0 Å². The Labute approximate surface area is 190 Å². The van der Waals surface area contributed by atoms with Crippen LogP contribution in [0.1, 0.15) is 10.6 Å². The second-order valence-corrected chi connectivity index (χ2v) is 9.26. The van der Waals surface area contributed by atoms with Gasteiger partial charge in [-0.1, -0.05) is 30.3 Å². The molecule has 1 aliphatic heterocycles. The average molecular weight is 467 g/mol. The van der Waals surface area contributed by atoms with Crippen molar-refractivity contribution in [1.29, 1.82) is 0 Å². The number of fused-ring (bicyclic) bond motifs is 1. The summed E-state index contributed by atoms with van der Waals surface area (Å²) in [6, 6.07) is 9.46. The Kier molecular flexibility index (Phi) is 5.19. The van der Waals surface area contributed by atoms with Gasteiger partial charge in [-0.2, -0.15) is 0 Å². The third-order valence-electron chi connectivity index (χ3n) is 5.07. The molecule has 0 unspecified atom stereocenters. The van der Waals surface area contributed by atoms with E-state index >= 15 is 0 Å². The number of carbonyl (C=O) groups excluding carboxylic acids is 2. The van der Waals surface area contributed by atoms with Gasteiger partial charge in [0.25, 0.3) is 5.56 Å². The highest BCUT2D eigenvalue weighted by Gasteiger charge is 2.24. The molecule has 0 bridgehead atoms. The maximum atomic E-state index is 13.2. The molecule has 0 aliphatic carbocycles. The highest BCUT2D eigenvalue weighted by molar-refractivity contribution is 7.19. The van der Waals surface area contributed by atoms with Crippen molar-refractivity contribution < 1.29 is 9.59 Å². The average Bonchev–Trinajstić information content (AvgIpc) is 3.49. The summed E-state index contributed by atoms with van der Waals surface area (Å²) in [6.45, 7) is 3.07. The molecular formula is C21H18N6O3S2. The van der Waals surface area contributed by atoms with Crippen molar-refractivity contribution in [2.45, 2.75) is 13.3 Å². The van der Waals surface area contributed by atoms with E-state index in [1.54, 1.807) is 10.3 Å². The molecule has 1 aromatic carbocycles. The van der Waals surface area contributed by atoms with Crippen molar-refractivity contribution >= 4 is 50.0 Å². The fourth-order valence-corrected chi connectivity index (χ4v) is 5.48. The molecular weight excluding hydrogens is 448 g/mol. The van der Waals surface area contributed by atoms with Crippen LogP contribution in [-0.4, -0.2) is 39.7 Å². The van der Waals surface area contributed by atoms with Crippen molar-refractivity contribution in [3.05, 3.63) is 63.0 Å². The lowest BCUT2D eigenvalue weighted by Gasteiger charge is -2.09. The van der Waals surface area contributed by atoms with Gasteiger partial charge in [-0.3, -0.25) is 19.9 Å². The van der Waals surface area contributed by atoms with E-state index < -0.39 is 5.91 Å². The van der Waals surface area contributed by atoms with Crippen LogP contribution in [0, 0.1) is 6.92 Å². The first-order valence-corrected chi connectivity index (χ1v) is 11.6. The van der Waals surface area contributed by atoms with Gasteiger partial charge in [0.05, 0.1) is 17.5 Å². The van der Waals surface area contributed by atoms with E-state index in [9.17, 15) is 14.4 Å². The van der Waals surface area contributed by atoms with Crippen LogP contribution < -0.4 is 21.2 Å². The second kappa shape index (κ2) is 8.17. The Morgan fingerprint density at radius 3 is 2.81 bits per heavy atom. The van der Waals surface area contributed by atoms with Gasteiger partial charge in [0.15, 0.2) is 5.13 Å². The third-order valence-corrected chi connectivity index (χ3v) is 6.99. The van der Waals surface area contributed by atoms with E-state index in [2.05, 4.69) is 20.7 Å². The Morgan fingerprint density at radius 1 is 1.25 bits per heavy atom. The first-order valence-electron chi connectivity index (χ1n) is 9.87. The number of anilines is 1. The number of urea groups is 1. The SMILES string of the molecule is Cc1sc2ncn(NC(=O)Cc3csc(N4CCNC4=O)n3)c(=O)c2c1-c1ccccc1. The molecule has 4 heterocycles. The molecule has 11 heteroatoms. The second-order valence-electron chi connectivity index (χ2n) is 7.22. The van der Waals surface area contributed by atoms with Crippen molar-refractivity contribution in [3.63, 3.8) is 0 Å². The number of hydrogen-bond donors (Lipinski definition) is 2. The number of carbonyl (C=O) groups is 2. The van der Waals surface area contributed by atoms with E-state index in [0.29, 0.717) is 34.1 Å². The fraction of sp³-hybridized carbons (Fsp3) is 0.190. The molecule has 162 valence electrons. The minimum atomic E-state index is -0.399. The van der Waals surface area contributed by atoms with Gasteiger partial charge in [0.2, 0.25) is 5.91 Å². The number of nitrogens with one attached hydrogen (secondary N) is 2. The van der Waals surface area contributed by atoms with E-state index in [4.69, 9.17) is 0 Å². The fourth-order valence-electron chi connectivity index (χ4n) is 3.63. The van der Waals surface area contributed by atoms with E-state index in [-0.39, 0.29) is 18.0 Å². The van der Waals surface area contributed by atoms with Crippen LogP contribution in [0.3, 0.4) is 0 Å². The van der Waals surface area contributed by atoms with Gasteiger partial charge >= 0.3 is 6.03 Å². The summed E-state index contributed by atoms with van der Waals surface area (Å²) in [5.41, 5.74) is 4.56. The number of rotatable bonds is 5. The molecule has 2 N–H and O–H groups in total. The molecule has 0 spiro atoms. The predicted octanol–water partition coefficient (Wildman–Crippen LogP) is 2.73. The number of nitrogens with zero attached hydrogens (tertiary/aromatic N) is 4. The topological polar surface area (TPSA) is 109 Å². The number of benzene rings is 1. The largest absolute Gasteiger partial charge is 0.336 e. The van der Waals surface area contributed by atoms with Gasteiger partial charge in [0.1, 0.15) is 11.2 Å². The van der Waals surface area contributed by atoms with Crippen LogP contribution in [-0.2, 0) is 11.2 Å². The van der Waals surface area contributed by atoms with Crippen molar-refractivity contribution in [2.24, 2.45) is 0 Å². The summed E-state index contributed by atoms with van der Waals surface area (Å²) >= 11 is 2.75. The summed E-state index contributed by atoms with van der Waals surface area (Å²) in [6.07, 6.45) is 1.30. The normalized spacial score (nSPS) is 13.5. The lowest BCUT2D eigenvalue weighted by molar-refractivity contribution is -0.116. The van der Waals surface area contributed by atoms with E-state index in [0.717, 1.165) is 20.7 Å². The summed E-state index contributed by atoms with van der Waals surface area (Å²) in [5, 5.41) is 5.49. The Balaban J connectivity index is 1.39. The summed E-state index contributed by atoms with van der Waals surface area (Å²) in [4.78, 5) is 49.5. The van der Waals surface area contributed by atoms with Crippen molar-refractivity contribution in [2.75, 3.05) is 23.4 Å². The van der Waals surface area contributed by atoms with Crippen LogP contribution in [0.4, 0.5) is 9.93 Å². The number of amides is 3. The summed E-state index contributed by atoms with van der Waals surface area (Å²) in [5.74, 6) is -0.399. The first-order chi connectivity index (χ1) is 15.5. The molecule has 4 aromatic rings. The summed E-state index contributed by atoms with van der Waals surface area (Å²) in [7, 11) is 0. The minimum absolute atomic E-state index is 0.0232. The zero-order valence-electron chi connectivity index (χ0n) is 17.0. The highest BCUT2D eigenvalue weighted by Crippen LogP contribution is 2.35. The number of thiophene rings is 1. The van der Waals surface area contributed by atoms with Crippen LogP contribution in [0.25, 0.3) is 21.3 Å². The van der Waals surface area contributed by atoms with Crippen LogP contribution in [0.15, 0.2) is 46.8 Å². The van der Waals surface area contributed by atoms with Gasteiger partial charge < -0.3 is 5.32 Å². The van der Waals surface area contributed by atoms with Gasteiger partial charge in [-0.05, 0) is 12.5 Å². The maximum absolute atomic E-state index is 13.2. The minimum Gasteiger partial charge on any atom is -0.336 e. The molecule has 3 amide bonds. The van der Waals surface area contributed by atoms with Gasteiger partial charge in [0, 0.05) is 28.9 Å². The standard InChI is InChI=1S/C21H18N6O3S2/c1-12-16(13-5-3-2-4-6-13)17-18(32-12)23-11-27(19(17)29)25-15(28)9-14-10-31-21(24-14)26-8-7-22-20(26)30/h2-6,10-11H,7-9H2,1H3,(H,22,30)(H,25,28). The maximum Gasteiger partial charge on any atom is 0.323 e. The molecule has 9 nitrogen and oxygen atoms in total. The monoisotopic (exact) mass is 466 g/mol. The van der Waals surface area contributed by atoms with E-state index in [1.165, 1.54) is 29.0 Å². The van der Waals surface area contributed by atoms with E-state index in [1.807, 2.05) is 37.3 Å². The molecule has 1 aliphatic rings. The molecule has 32 heavy (non-hydrogen) atoms. The van der Waals surface area contributed by atoms with Crippen molar-refractivity contribution in [1.82, 2.24) is 20.0 Å². The molecule has 5 rings (SSSR count). The van der Waals surface area contributed by atoms with Gasteiger partial charge in [-0.25, -0.2) is 19.4 Å². The highest BCUT2D eigenvalue weighted by atomic mass is 32.1. The first kappa shape index (κ1) is 20.3.